The van der Waals surface area contributed by atoms with E-state index in [-0.39, 0.29) is 0 Å². The van der Waals surface area contributed by atoms with Gasteiger partial charge in [-0.1, -0.05) is 53.0 Å². The molecule has 0 unspecified atom stereocenters. The number of hydrogen-bond acceptors (Lipinski definition) is 1. The van der Waals surface area contributed by atoms with Gasteiger partial charge in [0, 0.05) is 11.1 Å². The molecule has 3 rings (SSSR count). The van der Waals surface area contributed by atoms with E-state index in [1.807, 2.05) is 19.1 Å². The Kier molecular flexibility index (Phi) is 4.14. The zero-order valence-corrected chi connectivity index (χ0v) is 13.8. The molecule has 1 aliphatic rings. The van der Waals surface area contributed by atoms with Crippen molar-refractivity contribution in [3.05, 3.63) is 63.1 Å². The van der Waals surface area contributed by atoms with Gasteiger partial charge in [0.2, 0.25) is 0 Å². The lowest BCUT2D eigenvalue weighted by Gasteiger charge is -2.37. The highest BCUT2D eigenvalue weighted by molar-refractivity contribution is 6.35. The molecular formula is C18H19Cl2N. The van der Waals surface area contributed by atoms with Gasteiger partial charge in [0.25, 0.3) is 0 Å². The van der Waals surface area contributed by atoms with Crippen LogP contribution in [0.1, 0.15) is 35.4 Å². The summed E-state index contributed by atoms with van der Waals surface area (Å²) in [6.07, 6.45) is 2.29. The molecule has 1 aliphatic carbocycles. The average Bonchev–Trinajstić information content (AvgIpc) is 2.39. The SMILES string of the molecule is Cc1cccc(C2CC(Nc3cc(Cl)c(C)cc3Cl)C2)c1. The van der Waals surface area contributed by atoms with E-state index in [0.29, 0.717) is 12.0 Å². The molecule has 3 heteroatoms. The minimum Gasteiger partial charge on any atom is -0.381 e. The van der Waals surface area contributed by atoms with Crippen LogP contribution in [0.2, 0.25) is 10.0 Å². The van der Waals surface area contributed by atoms with Crippen molar-refractivity contribution in [1.29, 1.82) is 0 Å². The largest absolute Gasteiger partial charge is 0.381 e. The number of rotatable bonds is 3. The molecule has 21 heavy (non-hydrogen) atoms. The van der Waals surface area contributed by atoms with Crippen molar-refractivity contribution in [3.63, 3.8) is 0 Å². The monoisotopic (exact) mass is 319 g/mol. The molecule has 1 nitrogen and oxygen atoms in total. The summed E-state index contributed by atoms with van der Waals surface area (Å²) in [7, 11) is 0. The van der Waals surface area contributed by atoms with Gasteiger partial charge in [-0.05, 0) is 55.9 Å². The van der Waals surface area contributed by atoms with Gasteiger partial charge in [0.1, 0.15) is 0 Å². The molecule has 110 valence electrons. The van der Waals surface area contributed by atoms with Gasteiger partial charge < -0.3 is 5.32 Å². The van der Waals surface area contributed by atoms with E-state index in [2.05, 4.69) is 36.5 Å². The van der Waals surface area contributed by atoms with Crippen molar-refractivity contribution in [1.82, 2.24) is 0 Å². The highest BCUT2D eigenvalue weighted by Gasteiger charge is 2.30. The third-order valence-corrected chi connectivity index (χ3v) is 4.98. The molecule has 0 aromatic heterocycles. The minimum absolute atomic E-state index is 0.479. The Labute approximate surface area is 136 Å². The van der Waals surface area contributed by atoms with Crippen molar-refractivity contribution in [2.45, 2.75) is 38.6 Å². The van der Waals surface area contributed by atoms with Gasteiger partial charge in [-0.3, -0.25) is 0 Å². The standard InChI is InChI=1S/C18H19Cl2N/c1-11-4-3-5-13(6-11)14-8-15(9-14)21-18-10-16(19)12(2)7-17(18)20/h3-7,10,14-15,21H,8-9H2,1-2H3. The molecule has 0 atom stereocenters. The van der Waals surface area contributed by atoms with Crippen LogP contribution in [-0.2, 0) is 0 Å². The number of hydrogen-bond donors (Lipinski definition) is 1. The molecule has 0 heterocycles. The zero-order valence-electron chi connectivity index (χ0n) is 12.3. The second-order valence-corrected chi connectivity index (χ2v) is 6.82. The predicted molar refractivity (Wildman–Crippen MR) is 91.8 cm³/mol. The Morgan fingerprint density at radius 1 is 1.00 bits per heavy atom. The highest BCUT2D eigenvalue weighted by atomic mass is 35.5. The van der Waals surface area contributed by atoms with Gasteiger partial charge in [-0.15, -0.1) is 0 Å². The molecule has 0 spiro atoms. The van der Waals surface area contributed by atoms with E-state index < -0.39 is 0 Å². The van der Waals surface area contributed by atoms with Gasteiger partial charge in [-0.2, -0.15) is 0 Å². The van der Waals surface area contributed by atoms with E-state index in [0.717, 1.165) is 34.1 Å². The molecule has 1 saturated carbocycles. The van der Waals surface area contributed by atoms with Crippen LogP contribution in [-0.4, -0.2) is 6.04 Å². The van der Waals surface area contributed by atoms with Crippen molar-refractivity contribution in [2.75, 3.05) is 5.32 Å². The van der Waals surface area contributed by atoms with Crippen molar-refractivity contribution >= 4 is 28.9 Å². The molecule has 1 N–H and O–H groups in total. The maximum Gasteiger partial charge on any atom is 0.0641 e. The lowest BCUT2D eigenvalue weighted by Crippen LogP contribution is -2.34. The van der Waals surface area contributed by atoms with Crippen LogP contribution < -0.4 is 5.32 Å². The molecule has 0 bridgehead atoms. The van der Waals surface area contributed by atoms with Gasteiger partial charge in [0.05, 0.1) is 10.7 Å². The second-order valence-electron chi connectivity index (χ2n) is 6.00. The Hall–Kier alpha value is -1.18. The first-order valence-electron chi connectivity index (χ1n) is 7.31. The van der Waals surface area contributed by atoms with Crippen LogP contribution in [0.15, 0.2) is 36.4 Å². The maximum atomic E-state index is 6.28. The fourth-order valence-corrected chi connectivity index (χ4v) is 3.35. The lowest BCUT2D eigenvalue weighted by atomic mass is 9.75. The van der Waals surface area contributed by atoms with Crippen LogP contribution in [0.25, 0.3) is 0 Å². The molecule has 0 amide bonds. The maximum absolute atomic E-state index is 6.28. The molecule has 0 saturated heterocycles. The third-order valence-electron chi connectivity index (χ3n) is 4.26. The summed E-state index contributed by atoms with van der Waals surface area (Å²) in [5.74, 6) is 0.655. The first-order chi connectivity index (χ1) is 10.0. The summed E-state index contributed by atoms with van der Waals surface area (Å²) in [6, 6.07) is 13.1. The van der Waals surface area contributed by atoms with Gasteiger partial charge in [-0.25, -0.2) is 0 Å². The van der Waals surface area contributed by atoms with Crippen molar-refractivity contribution < 1.29 is 0 Å². The Morgan fingerprint density at radius 2 is 1.76 bits per heavy atom. The van der Waals surface area contributed by atoms with E-state index >= 15 is 0 Å². The van der Waals surface area contributed by atoms with E-state index in [4.69, 9.17) is 23.2 Å². The minimum atomic E-state index is 0.479. The lowest BCUT2D eigenvalue weighted by molar-refractivity contribution is 0.374. The zero-order chi connectivity index (χ0) is 15.0. The first-order valence-corrected chi connectivity index (χ1v) is 8.07. The smallest absolute Gasteiger partial charge is 0.0641 e. The summed E-state index contributed by atoms with van der Waals surface area (Å²) in [5, 5.41) is 5.02. The Morgan fingerprint density at radius 3 is 2.48 bits per heavy atom. The van der Waals surface area contributed by atoms with Crippen molar-refractivity contribution in [2.24, 2.45) is 0 Å². The average molecular weight is 320 g/mol. The summed E-state index contributed by atoms with van der Waals surface area (Å²) in [4.78, 5) is 0. The summed E-state index contributed by atoms with van der Waals surface area (Å²) >= 11 is 12.5. The van der Waals surface area contributed by atoms with E-state index in [1.165, 1.54) is 11.1 Å². The highest BCUT2D eigenvalue weighted by Crippen LogP contribution is 2.40. The topological polar surface area (TPSA) is 12.0 Å². The first kappa shape index (κ1) is 14.7. The number of aryl methyl sites for hydroxylation is 2. The molecular weight excluding hydrogens is 301 g/mol. The fourth-order valence-electron chi connectivity index (χ4n) is 2.91. The predicted octanol–water partition coefficient (Wildman–Crippen LogP) is 5.97. The normalized spacial score (nSPS) is 21.0. The molecule has 1 fully saturated rings. The second kappa shape index (κ2) is 5.90. The van der Waals surface area contributed by atoms with Crippen LogP contribution >= 0.6 is 23.2 Å². The fraction of sp³-hybridized carbons (Fsp3) is 0.333. The third kappa shape index (κ3) is 3.20. The number of halogens is 2. The molecule has 0 aliphatic heterocycles. The molecule has 0 radical (unpaired) electrons. The summed E-state index contributed by atoms with van der Waals surface area (Å²) in [6.45, 7) is 4.11. The number of anilines is 1. The number of benzene rings is 2. The summed E-state index contributed by atoms with van der Waals surface area (Å²) < 4.78 is 0. The van der Waals surface area contributed by atoms with Crippen molar-refractivity contribution in [3.8, 4) is 0 Å². The Bertz CT molecular complexity index is 660. The van der Waals surface area contributed by atoms with Gasteiger partial charge in [0.15, 0.2) is 0 Å². The van der Waals surface area contributed by atoms with Crippen LogP contribution in [0.3, 0.4) is 0 Å². The van der Waals surface area contributed by atoms with E-state index in [9.17, 15) is 0 Å². The van der Waals surface area contributed by atoms with Crippen LogP contribution in [0, 0.1) is 13.8 Å². The Balaban J connectivity index is 1.64. The summed E-state index contributed by atoms with van der Waals surface area (Å²) in [5.41, 5.74) is 4.73. The number of nitrogens with one attached hydrogen (secondary N) is 1. The van der Waals surface area contributed by atoms with E-state index in [1.54, 1.807) is 0 Å². The molecule has 2 aromatic rings. The van der Waals surface area contributed by atoms with Gasteiger partial charge >= 0.3 is 0 Å². The molecule has 2 aromatic carbocycles. The van der Waals surface area contributed by atoms with Crippen LogP contribution in [0.5, 0.6) is 0 Å². The quantitative estimate of drug-likeness (QED) is 0.735. The van der Waals surface area contributed by atoms with Crippen LogP contribution in [0.4, 0.5) is 5.69 Å².